The average molecular weight is 331 g/mol. The summed E-state index contributed by atoms with van der Waals surface area (Å²) in [6, 6.07) is 11.7. The summed E-state index contributed by atoms with van der Waals surface area (Å²) in [7, 11) is 0. The third-order valence-electron chi connectivity index (χ3n) is 2.67. The predicted octanol–water partition coefficient (Wildman–Crippen LogP) is 2.74. The zero-order chi connectivity index (χ0) is 14.7. The molecule has 2 aromatic rings. The number of carbonyl (C=O) groups excluding carboxylic acids is 1. The smallest absolute Gasteiger partial charge is 0.257 e. The van der Waals surface area contributed by atoms with Gasteiger partial charge in [-0.25, -0.2) is 0 Å². The van der Waals surface area contributed by atoms with E-state index in [4.69, 9.17) is 16.7 Å². The minimum Gasteiger partial charge on any atom is -0.399 e. The average Bonchev–Trinajstić information content (AvgIpc) is 2.38. The lowest BCUT2D eigenvalue weighted by Gasteiger charge is -2.09. The molecule has 0 saturated carbocycles. The topological polar surface area (TPSA) is 105 Å². The van der Waals surface area contributed by atoms with Crippen molar-refractivity contribution in [2.24, 2.45) is 0 Å². The Labute approximate surface area is 124 Å². The van der Waals surface area contributed by atoms with Gasteiger partial charge in [-0.3, -0.25) is 4.79 Å². The molecule has 6 heteroatoms. The first-order chi connectivity index (χ1) is 9.51. The lowest BCUT2D eigenvalue weighted by atomic mass is 10.1. The van der Waals surface area contributed by atoms with Gasteiger partial charge >= 0.3 is 0 Å². The van der Waals surface area contributed by atoms with Crippen LogP contribution in [-0.4, -0.2) is 5.91 Å². The van der Waals surface area contributed by atoms with E-state index in [1.165, 1.54) is 6.07 Å². The molecule has 0 aliphatic heterocycles. The van der Waals surface area contributed by atoms with E-state index in [2.05, 4.69) is 21.2 Å². The second-order valence-electron chi connectivity index (χ2n) is 4.10. The molecule has 0 aromatic heterocycles. The molecule has 1 amide bonds. The van der Waals surface area contributed by atoms with Crippen LogP contribution in [0.4, 0.5) is 17.1 Å². The SMILES string of the molecule is N#Cc1ccc(Br)cc1NC(=O)c1ccc(N)cc1N. The van der Waals surface area contributed by atoms with Crippen molar-refractivity contribution < 1.29 is 4.79 Å². The van der Waals surface area contributed by atoms with Gasteiger partial charge in [0.2, 0.25) is 0 Å². The van der Waals surface area contributed by atoms with Crippen LogP contribution >= 0.6 is 15.9 Å². The fourth-order valence-electron chi connectivity index (χ4n) is 1.70. The Hall–Kier alpha value is -2.52. The summed E-state index contributed by atoms with van der Waals surface area (Å²) >= 11 is 3.29. The van der Waals surface area contributed by atoms with Crippen LogP contribution in [0.1, 0.15) is 15.9 Å². The van der Waals surface area contributed by atoms with Crippen LogP contribution in [0, 0.1) is 11.3 Å². The zero-order valence-corrected chi connectivity index (χ0v) is 11.9. The molecule has 0 bridgehead atoms. The van der Waals surface area contributed by atoms with Crippen LogP contribution in [0.2, 0.25) is 0 Å². The van der Waals surface area contributed by atoms with Crippen molar-refractivity contribution in [3.8, 4) is 6.07 Å². The number of nitrogen functional groups attached to an aromatic ring is 2. The standard InChI is InChI=1S/C14H11BrN4O/c15-9-2-1-8(7-16)13(5-9)19-14(20)11-4-3-10(17)6-12(11)18/h1-6H,17-18H2,(H,19,20). The Bertz CT molecular complexity index is 722. The first-order valence-corrected chi connectivity index (χ1v) is 6.46. The van der Waals surface area contributed by atoms with E-state index in [9.17, 15) is 4.79 Å². The second kappa shape index (κ2) is 5.63. The van der Waals surface area contributed by atoms with Crippen molar-refractivity contribution in [3.63, 3.8) is 0 Å². The lowest BCUT2D eigenvalue weighted by Crippen LogP contribution is -2.15. The molecule has 0 radical (unpaired) electrons. The van der Waals surface area contributed by atoms with E-state index in [0.717, 1.165) is 4.47 Å². The van der Waals surface area contributed by atoms with Crippen LogP contribution in [0.15, 0.2) is 40.9 Å². The maximum atomic E-state index is 12.2. The molecule has 0 atom stereocenters. The van der Waals surface area contributed by atoms with Crippen molar-refractivity contribution in [1.82, 2.24) is 0 Å². The minimum atomic E-state index is -0.392. The molecule has 20 heavy (non-hydrogen) atoms. The predicted molar refractivity (Wildman–Crippen MR) is 82.1 cm³/mol. The molecule has 0 fully saturated rings. The molecule has 0 aliphatic carbocycles. The molecule has 0 unspecified atom stereocenters. The van der Waals surface area contributed by atoms with E-state index < -0.39 is 5.91 Å². The molecular formula is C14H11BrN4O. The van der Waals surface area contributed by atoms with Gasteiger partial charge in [-0.2, -0.15) is 5.26 Å². The third kappa shape index (κ3) is 2.90. The number of nitrogens with one attached hydrogen (secondary N) is 1. The Balaban J connectivity index is 2.33. The first kappa shape index (κ1) is 13.9. The van der Waals surface area contributed by atoms with Crippen LogP contribution in [0.3, 0.4) is 0 Å². The van der Waals surface area contributed by atoms with Gasteiger partial charge in [0.25, 0.3) is 5.91 Å². The van der Waals surface area contributed by atoms with Crippen molar-refractivity contribution in [3.05, 3.63) is 52.0 Å². The quantitative estimate of drug-likeness (QED) is 0.736. The highest BCUT2D eigenvalue weighted by Gasteiger charge is 2.12. The maximum absolute atomic E-state index is 12.2. The fourth-order valence-corrected chi connectivity index (χ4v) is 2.06. The number of nitriles is 1. The Kier molecular flexibility index (Phi) is 3.91. The van der Waals surface area contributed by atoms with Crippen LogP contribution in [0.25, 0.3) is 0 Å². The van der Waals surface area contributed by atoms with Gasteiger partial charge in [-0.1, -0.05) is 15.9 Å². The molecule has 5 N–H and O–H groups in total. The van der Waals surface area contributed by atoms with Crippen LogP contribution in [-0.2, 0) is 0 Å². The van der Waals surface area contributed by atoms with E-state index in [-0.39, 0.29) is 5.69 Å². The van der Waals surface area contributed by atoms with Crippen molar-refractivity contribution in [1.29, 1.82) is 5.26 Å². The van der Waals surface area contributed by atoms with Crippen LogP contribution in [0.5, 0.6) is 0 Å². The van der Waals surface area contributed by atoms with Gasteiger partial charge < -0.3 is 16.8 Å². The number of hydrogen-bond donors (Lipinski definition) is 3. The van der Waals surface area contributed by atoms with Crippen molar-refractivity contribution in [2.45, 2.75) is 0 Å². The molecule has 2 aromatic carbocycles. The Morgan fingerprint density at radius 3 is 2.60 bits per heavy atom. The number of carbonyl (C=O) groups is 1. The van der Waals surface area contributed by atoms with E-state index >= 15 is 0 Å². The summed E-state index contributed by atoms with van der Waals surface area (Å²) < 4.78 is 0.761. The number of halogens is 1. The summed E-state index contributed by atoms with van der Waals surface area (Å²) in [5.41, 5.74) is 13.2. The summed E-state index contributed by atoms with van der Waals surface area (Å²) in [6.45, 7) is 0. The third-order valence-corrected chi connectivity index (χ3v) is 3.16. The van der Waals surface area contributed by atoms with E-state index in [1.807, 2.05) is 6.07 Å². The van der Waals surface area contributed by atoms with Gasteiger partial charge in [0.1, 0.15) is 6.07 Å². The molecule has 100 valence electrons. The lowest BCUT2D eigenvalue weighted by molar-refractivity contribution is 0.102. The number of nitrogens with zero attached hydrogens (tertiary/aromatic N) is 1. The van der Waals surface area contributed by atoms with Gasteiger partial charge in [-0.15, -0.1) is 0 Å². The zero-order valence-electron chi connectivity index (χ0n) is 10.4. The highest BCUT2D eigenvalue weighted by molar-refractivity contribution is 9.10. The van der Waals surface area contributed by atoms with Gasteiger partial charge in [0.15, 0.2) is 0 Å². The van der Waals surface area contributed by atoms with Gasteiger partial charge in [-0.05, 0) is 36.4 Å². The number of rotatable bonds is 2. The molecule has 0 spiro atoms. The molecule has 5 nitrogen and oxygen atoms in total. The summed E-state index contributed by atoms with van der Waals surface area (Å²) in [4.78, 5) is 12.2. The van der Waals surface area contributed by atoms with Crippen molar-refractivity contribution in [2.75, 3.05) is 16.8 Å². The molecule has 2 rings (SSSR count). The van der Waals surface area contributed by atoms with Gasteiger partial charge in [0, 0.05) is 15.8 Å². The molecule has 0 heterocycles. The Morgan fingerprint density at radius 2 is 1.95 bits per heavy atom. The fraction of sp³-hybridized carbons (Fsp3) is 0. The number of nitrogens with two attached hydrogens (primary N) is 2. The summed E-state index contributed by atoms with van der Waals surface area (Å²) in [5, 5.41) is 11.7. The monoisotopic (exact) mass is 330 g/mol. The normalized spacial score (nSPS) is 9.80. The highest BCUT2D eigenvalue weighted by Crippen LogP contribution is 2.23. The number of amides is 1. The van der Waals surface area contributed by atoms with E-state index in [1.54, 1.807) is 30.3 Å². The van der Waals surface area contributed by atoms with Crippen molar-refractivity contribution >= 4 is 38.9 Å². The molecule has 0 saturated heterocycles. The number of hydrogen-bond acceptors (Lipinski definition) is 4. The Morgan fingerprint density at radius 1 is 1.20 bits per heavy atom. The molecular weight excluding hydrogens is 320 g/mol. The second-order valence-corrected chi connectivity index (χ2v) is 5.02. The first-order valence-electron chi connectivity index (χ1n) is 5.67. The minimum absolute atomic E-state index is 0.288. The van der Waals surface area contributed by atoms with Crippen LogP contribution < -0.4 is 16.8 Å². The summed E-state index contributed by atoms with van der Waals surface area (Å²) in [5.74, 6) is -0.392. The number of benzene rings is 2. The van der Waals surface area contributed by atoms with Gasteiger partial charge in [0.05, 0.1) is 16.8 Å². The maximum Gasteiger partial charge on any atom is 0.257 e. The highest BCUT2D eigenvalue weighted by atomic mass is 79.9. The van der Waals surface area contributed by atoms with E-state index in [0.29, 0.717) is 22.5 Å². The summed E-state index contributed by atoms with van der Waals surface area (Å²) in [6.07, 6.45) is 0. The number of anilines is 3. The largest absolute Gasteiger partial charge is 0.399 e. The molecule has 0 aliphatic rings.